The van der Waals surface area contributed by atoms with E-state index in [-0.39, 0.29) is 0 Å². The first kappa shape index (κ1) is 12.5. The number of piperidine rings is 1. The predicted octanol–water partition coefficient (Wildman–Crippen LogP) is 1.68. The number of aromatic nitrogens is 1. The molecule has 2 heterocycles. The Labute approximate surface area is 104 Å². The molecule has 2 N–H and O–H groups in total. The summed E-state index contributed by atoms with van der Waals surface area (Å²) in [6, 6.07) is 4.92. The van der Waals surface area contributed by atoms with Gasteiger partial charge in [0.2, 0.25) is 0 Å². The van der Waals surface area contributed by atoms with E-state index in [0.717, 1.165) is 19.5 Å². The highest BCUT2D eigenvalue weighted by molar-refractivity contribution is 5.10. The third-order valence-electron chi connectivity index (χ3n) is 3.88. The largest absolute Gasteiger partial charge is 0.330 e. The van der Waals surface area contributed by atoms with Crippen molar-refractivity contribution in [2.45, 2.75) is 32.2 Å². The van der Waals surface area contributed by atoms with Crippen molar-refractivity contribution in [1.82, 2.24) is 9.88 Å². The molecule has 1 aliphatic rings. The Balaban J connectivity index is 1.85. The van der Waals surface area contributed by atoms with Crippen molar-refractivity contribution in [3.05, 3.63) is 30.1 Å². The minimum absolute atomic E-state index is 0.698. The molecular weight excluding hydrogens is 210 g/mol. The van der Waals surface area contributed by atoms with Crippen LogP contribution in [-0.2, 0) is 6.42 Å². The first-order chi connectivity index (χ1) is 8.29. The third-order valence-corrected chi connectivity index (χ3v) is 3.88. The standard InChI is InChI=1S/C14H23N3/c1-12-2-3-14(10-15)11-17(12)9-6-13-4-7-16-8-5-13/h4-5,7-8,12,14H,2-3,6,9-11,15H2,1H3. The summed E-state index contributed by atoms with van der Waals surface area (Å²) in [6.45, 7) is 5.47. The highest BCUT2D eigenvalue weighted by atomic mass is 15.2. The van der Waals surface area contributed by atoms with Crippen LogP contribution in [0.4, 0.5) is 0 Å². The summed E-state index contributed by atoms with van der Waals surface area (Å²) >= 11 is 0. The zero-order chi connectivity index (χ0) is 12.1. The summed E-state index contributed by atoms with van der Waals surface area (Å²) in [5.74, 6) is 0.698. The Morgan fingerprint density at radius 2 is 2.12 bits per heavy atom. The zero-order valence-electron chi connectivity index (χ0n) is 10.7. The van der Waals surface area contributed by atoms with Gasteiger partial charge < -0.3 is 10.6 Å². The van der Waals surface area contributed by atoms with Crippen molar-refractivity contribution in [2.24, 2.45) is 11.7 Å². The van der Waals surface area contributed by atoms with Gasteiger partial charge in [-0.15, -0.1) is 0 Å². The molecule has 0 radical (unpaired) electrons. The van der Waals surface area contributed by atoms with Crippen molar-refractivity contribution >= 4 is 0 Å². The van der Waals surface area contributed by atoms with E-state index in [0.29, 0.717) is 12.0 Å². The van der Waals surface area contributed by atoms with Crippen LogP contribution in [0.3, 0.4) is 0 Å². The molecule has 3 nitrogen and oxygen atoms in total. The van der Waals surface area contributed by atoms with Gasteiger partial charge in [0.25, 0.3) is 0 Å². The molecule has 1 aliphatic heterocycles. The third kappa shape index (κ3) is 3.51. The lowest BCUT2D eigenvalue weighted by Gasteiger charge is -2.37. The van der Waals surface area contributed by atoms with Gasteiger partial charge in [0.05, 0.1) is 0 Å². The fourth-order valence-corrected chi connectivity index (χ4v) is 2.59. The molecule has 2 atom stereocenters. The van der Waals surface area contributed by atoms with Crippen molar-refractivity contribution in [3.63, 3.8) is 0 Å². The highest BCUT2D eigenvalue weighted by Gasteiger charge is 2.23. The SMILES string of the molecule is CC1CCC(CN)CN1CCc1ccncc1. The second-order valence-corrected chi connectivity index (χ2v) is 5.13. The van der Waals surface area contributed by atoms with Crippen molar-refractivity contribution in [1.29, 1.82) is 0 Å². The maximum absolute atomic E-state index is 5.78. The molecule has 0 bridgehead atoms. The van der Waals surface area contributed by atoms with Crippen molar-refractivity contribution < 1.29 is 0 Å². The van der Waals surface area contributed by atoms with Gasteiger partial charge in [0.1, 0.15) is 0 Å². The molecule has 0 saturated carbocycles. The van der Waals surface area contributed by atoms with E-state index in [1.54, 1.807) is 0 Å². The number of hydrogen-bond donors (Lipinski definition) is 1. The molecule has 0 amide bonds. The van der Waals surface area contributed by atoms with E-state index >= 15 is 0 Å². The van der Waals surface area contributed by atoms with Crippen LogP contribution in [0.5, 0.6) is 0 Å². The van der Waals surface area contributed by atoms with Gasteiger partial charge in [-0.1, -0.05) is 0 Å². The number of rotatable bonds is 4. The van der Waals surface area contributed by atoms with Gasteiger partial charge in [-0.05, 0) is 56.3 Å². The lowest BCUT2D eigenvalue weighted by Crippen LogP contribution is -2.44. The van der Waals surface area contributed by atoms with E-state index < -0.39 is 0 Å². The van der Waals surface area contributed by atoms with Crippen LogP contribution in [0.25, 0.3) is 0 Å². The van der Waals surface area contributed by atoms with Crippen LogP contribution in [0.2, 0.25) is 0 Å². The van der Waals surface area contributed by atoms with E-state index in [9.17, 15) is 0 Å². The van der Waals surface area contributed by atoms with Crippen LogP contribution < -0.4 is 5.73 Å². The van der Waals surface area contributed by atoms with E-state index in [1.165, 1.54) is 24.9 Å². The van der Waals surface area contributed by atoms with Crippen molar-refractivity contribution in [3.8, 4) is 0 Å². The first-order valence-corrected chi connectivity index (χ1v) is 6.62. The van der Waals surface area contributed by atoms with Crippen LogP contribution in [0.1, 0.15) is 25.3 Å². The second-order valence-electron chi connectivity index (χ2n) is 5.13. The molecule has 94 valence electrons. The summed E-state index contributed by atoms with van der Waals surface area (Å²) < 4.78 is 0. The Hall–Kier alpha value is -0.930. The molecule has 2 rings (SSSR count). The van der Waals surface area contributed by atoms with Gasteiger partial charge >= 0.3 is 0 Å². The summed E-state index contributed by atoms with van der Waals surface area (Å²) in [4.78, 5) is 6.64. The van der Waals surface area contributed by atoms with Gasteiger partial charge in [-0.25, -0.2) is 0 Å². The maximum Gasteiger partial charge on any atom is 0.0270 e. The Morgan fingerprint density at radius 1 is 1.35 bits per heavy atom. The first-order valence-electron chi connectivity index (χ1n) is 6.62. The zero-order valence-corrected chi connectivity index (χ0v) is 10.7. The highest BCUT2D eigenvalue weighted by Crippen LogP contribution is 2.21. The Morgan fingerprint density at radius 3 is 2.82 bits per heavy atom. The fourth-order valence-electron chi connectivity index (χ4n) is 2.59. The molecule has 0 aromatic carbocycles. The van der Waals surface area contributed by atoms with Gasteiger partial charge in [0.15, 0.2) is 0 Å². The monoisotopic (exact) mass is 233 g/mol. The van der Waals surface area contributed by atoms with Crippen LogP contribution in [-0.4, -0.2) is 35.6 Å². The maximum atomic E-state index is 5.78. The summed E-state index contributed by atoms with van der Waals surface area (Å²) in [6.07, 6.45) is 7.45. The van der Waals surface area contributed by atoms with Crippen LogP contribution in [0.15, 0.2) is 24.5 Å². The van der Waals surface area contributed by atoms with Gasteiger partial charge in [0, 0.05) is 31.5 Å². The molecule has 1 aromatic heterocycles. The molecule has 1 saturated heterocycles. The molecule has 0 spiro atoms. The smallest absolute Gasteiger partial charge is 0.0270 e. The minimum atomic E-state index is 0.698. The lowest BCUT2D eigenvalue weighted by atomic mass is 9.93. The molecule has 1 fully saturated rings. The molecule has 2 unspecified atom stereocenters. The number of hydrogen-bond acceptors (Lipinski definition) is 3. The topological polar surface area (TPSA) is 42.1 Å². The number of pyridine rings is 1. The summed E-state index contributed by atoms with van der Waals surface area (Å²) in [5.41, 5.74) is 7.16. The van der Waals surface area contributed by atoms with Gasteiger partial charge in [-0.3, -0.25) is 4.98 Å². The number of likely N-dealkylation sites (tertiary alicyclic amines) is 1. The Bertz CT molecular complexity index is 325. The lowest BCUT2D eigenvalue weighted by molar-refractivity contribution is 0.122. The molecule has 17 heavy (non-hydrogen) atoms. The molecule has 0 aliphatic carbocycles. The Kier molecular flexibility index (Phi) is 4.51. The quantitative estimate of drug-likeness (QED) is 0.860. The molecular formula is C14H23N3. The fraction of sp³-hybridized carbons (Fsp3) is 0.643. The average molecular weight is 233 g/mol. The molecule has 1 aromatic rings. The summed E-state index contributed by atoms with van der Waals surface area (Å²) in [7, 11) is 0. The van der Waals surface area contributed by atoms with E-state index in [4.69, 9.17) is 5.73 Å². The average Bonchev–Trinajstić information content (AvgIpc) is 2.39. The van der Waals surface area contributed by atoms with E-state index in [1.807, 2.05) is 12.4 Å². The van der Waals surface area contributed by atoms with E-state index in [2.05, 4.69) is 28.9 Å². The van der Waals surface area contributed by atoms with Crippen LogP contribution in [0, 0.1) is 5.92 Å². The van der Waals surface area contributed by atoms with Crippen LogP contribution >= 0.6 is 0 Å². The second kappa shape index (κ2) is 6.12. The normalized spacial score (nSPS) is 26.0. The predicted molar refractivity (Wildman–Crippen MR) is 70.8 cm³/mol. The molecule has 3 heteroatoms. The minimum Gasteiger partial charge on any atom is -0.330 e. The summed E-state index contributed by atoms with van der Waals surface area (Å²) in [5, 5.41) is 0. The van der Waals surface area contributed by atoms with Crippen molar-refractivity contribution in [2.75, 3.05) is 19.6 Å². The number of nitrogens with zero attached hydrogens (tertiary/aromatic N) is 2. The number of nitrogens with two attached hydrogens (primary N) is 1. The van der Waals surface area contributed by atoms with Gasteiger partial charge in [-0.2, -0.15) is 0 Å².